The fourth-order valence-corrected chi connectivity index (χ4v) is 3.15. The lowest BCUT2D eigenvalue weighted by molar-refractivity contribution is -0.132. The molecule has 1 unspecified atom stereocenters. The molecule has 152 valence electrons. The van der Waals surface area contributed by atoms with Crippen LogP contribution in [0.3, 0.4) is 0 Å². The fourth-order valence-electron chi connectivity index (χ4n) is 3.15. The van der Waals surface area contributed by atoms with E-state index in [4.69, 9.17) is 9.84 Å². The van der Waals surface area contributed by atoms with Crippen LogP contribution in [0.4, 0.5) is 10.1 Å². The molecule has 1 saturated heterocycles. The van der Waals surface area contributed by atoms with E-state index in [9.17, 15) is 9.18 Å². The standard InChI is InChI=1S/C20H23FN2O3.C2H6/c1-22(19-5-3-2-4-18(19)21)16-10-11-23(12-16)20(25)14-26-17-8-6-15(13-24)7-9-17;1-2/h2-9,16,24H,10-14H2,1H3;1-2H3. The van der Waals surface area contributed by atoms with E-state index in [1.54, 1.807) is 41.3 Å². The normalized spacial score (nSPS) is 15.6. The number of nitrogens with zero attached hydrogens (tertiary/aromatic N) is 2. The van der Waals surface area contributed by atoms with Gasteiger partial charge in [-0.1, -0.05) is 38.1 Å². The highest BCUT2D eigenvalue weighted by molar-refractivity contribution is 5.78. The topological polar surface area (TPSA) is 53.0 Å². The minimum Gasteiger partial charge on any atom is -0.484 e. The van der Waals surface area contributed by atoms with Gasteiger partial charge in [0, 0.05) is 26.2 Å². The monoisotopic (exact) mass is 388 g/mol. The van der Waals surface area contributed by atoms with E-state index in [0.29, 0.717) is 24.5 Å². The van der Waals surface area contributed by atoms with Crippen LogP contribution in [0.25, 0.3) is 0 Å². The molecule has 1 N–H and O–H groups in total. The third kappa shape index (κ3) is 5.45. The van der Waals surface area contributed by atoms with Gasteiger partial charge < -0.3 is 19.6 Å². The highest BCUT2D eigenvalue weighted by Crippen LogP contribution is 2.24. The second-order valence-corrected chi connectivity index (χ2v) is 6.44. The van der Waals surface area contributed by atoms with E-state index in [-0.39, 0.29) is 31.0 Å². The SMILES string of the molecule is CC.CN(c1ccccc1F)C1CCN(C(=O)COc2ccc(CO)cc2)C1. The Morgan fingerprint density at radius 1 is 1.21 bits per heavy atom. The average Bonchev–Trinajstić information content (AvgIpc) is 3.24. The number of ether oxygens (including phenoxy) is 1. The van der Waals surface area contributed by atoms with Gasteiger partial charge >= 0.3 is 0 Å². The Hall–Kier alpha value is -2.60. The second kappa shape index (κ2) is 10.7. The molecule has 0 bridgehead atoms. The van der Waals surface area contributed by atoms with E-state index in [2.05, 4.69) is 0 Å². The molecule has 0 radical (unpaired) electrons. The number of aliphatic hydroxyl groups is 1. The summed E-state index contributed by atoms with van der Waals surface area (Å²) >= 11 is 0. The zero-order chi connectivity index (χ0) is 20.5. The van der Waals surface area contributed by atoms with Gasteiger partial charge in [0.1, 0.15) is 11.6 Å². The number of benzene rings is 2. The number of likely N-dealkylation sites (tertiary alicyclic amines) is 1. The third-order valence-electron chi connectivity index (χ3n) is 4.76. The second-order valence-electron chi connectivity index (χ2n) is 6.44. The number of anilines is 1. The van der Waals surface area contributed by atoms with E-state index >= 15 is 0 Å². The van der Waals surface area contributed by atoms with Crippen molar-refractivity contribution in [2.45, 2.75) is 32.9 Å². The van der Waals surface area contributed by atoms with E-state index in [0.717, 1.165) is 12.0 Å². The smallest absolute Gasteiger partial charge is 0.260 e. The molecule has 6 heteroatoms. The van der Waals surface area contributed by atoms with E-state index < -0.39 is 0 Å². The summed E-state index contributed by atoms with van der Waals surface area (Å²) < 4.78 is 19.5. The van der Waals surface area contributed by atoms with Crippen LogP contribution in [0.1, 0.15) is 25.8 Å². The number of aliphatic hydroxyl groups excluding tert-OH is 1. The molecule has 28 heavy (non-hydrogen) atoms. The number of hydrogen-bond donors (Lipinski definition) is 1. The Morgan fingerprint density at radius 2 is 1.89 bits per heavy atom. The minimum absolute atomic E-state index is 0.0239. The molecular weight excluding hydrogens is 359 g/mol. The number of carbonyl (C=O) groups is 1. The summed E-state index contributed by atoms with van der Waals surface area (Å²) in [5.41, 5.74) is 1.34. The molecule has 1 atom stereocenters. The van der Waals surface area contributed by atoms with Crippen LogP contribution in [-0.2, 0) is 11.4 Å². The van der Waals surface area contributed by atoms with Crippen LogP contribution in [0, 0.1) is 5.82 Å². The van der Waals surface area contributed by atoms with Crippen molar-refractivity contribution in [1.82, 2.24) is 4.90 Å². The molecule has 1 aliphatic heterocycles. The summed E-state index contributed by atoms with van der Waals surface area (Å²) in [6.45, 7) is 5.13. The van der Waals surface area contributed by atoms with Crippen LogP contribution in [0.2, 0.25) is 0 Å². The Balaban J connectivity index is 0.00000136. The largest absolute Gasteiger partial charge is 0.484 e. The molecule has 3 rings (SSSR count). The Labute approximate surface area is 166 Å². The van der Waals surface area contributed by atoms with E-state index in [1.165, 1.54) is 6.07 Å². The molecule has 1 fully saturated rings. The third-order valence-corrected chi connectivity index (χ3v) is 4.76. The maximum absolute atomic E-state index is 14.0. The maximum Gasteiger partial charge on any atom is 0.260 e. The van der Waals surface area contributed by atoms with Crippen molar-refractivity contribution in [3.05, 3.63) is 59.9 Å². The van der Waals surface area contributed by atoms with Gasteiger partial charge in [0.15, 0.2) is 6.61 Å². The van der Waals surface area contributed by atoms with Crippen LogP contribution in [0.5, 0.6) is 5.75 Å². The van der Waals surface area contributed by atoms with Gasteiger partial charge in [-0.15, -0.1) is 0 Å². The molecule has 0 spiro atoms. The number of hydrogen-bond acceptors (Lipinski definition) is 4. The Bertz CT molecular complexity index is 752. The summed E-state index contributed by atoms with van der Waals surface area (Å²) in [6, 6.07) is 13.7. The first-order chi connectivity index (χ1) is 13.6. The van der Waals surface area contributed by atoms with Gasteiger partial charge in [-0.3, -0.25) is 4.79 Å². The minimum atomic E-state index is -0.255. The van der Waals surface area contributed by atoms with E-state index in [1.807, 2.05) is 31.9 Å². The first-order valence-corrected chi connectivity index (χ1v) is 9.66. The van der Waals surface area contributed by atoms with Crippen molar-refractivity contribution in [2.24, 2.45) is 0 Å². The summed E-state index contributed by atoms with van der Waals surface area (Å²) in [5.74, 6) is 0.255. The van der Waals surface area contributed by atoms with Crippen LogP contribution in [0.15, 0.2) is 48.5 Å². The fraction of sp³-hybridized carbons (Fsp3) is 0.409. The van der Waals surface area contributed by atoms with Crippen molar-refractivity contribution in [1.29, 1.82) is 0 Å². The molecular formula is C22H29FN2O3. The van der Waals surface area contributed by atoms with Crippen LogP contribution >= 0.6 is 0 Å². The molecule has 0 aromatic heterocycles. The number of para-hydroxylation sites is 1. The summed E-state index contributed by atoms with van der Waals surface area (Å²) in [7, 11) is 1.86. The summed E-state index contributed by atoms with van der Waals surface area (Å²) in [4.78, 5) is 16.0. The summed E-state index contributed by atoms with van der Waals surface area (Å²) in [5, 5.41) is 9.03. The molecule has 2 aromatic rings. The number of carbonyl (C=O) groups excluding carboxylic acids is 1. The van der Waals surface area contributed by atoms with Crippen LogP contribution in [-0.4, -0.2) is 48.7 Å². The average molecular weight is 388 g/mol. The molecule has 1 amide bonds. The highest BCUT2D eigenvalue weighted by Gasteiger charge is 2.30. The van der Waals surface area contributed by atoms with Gasteiger partial charge in [-0.25, -0.2) is 4.39 Å². The van der Waals surface area contributed by atoms with Gasteiger partial charge in [0.2, 0.25) is 0 Å². The predicted octanol–water partition coefficient (Wildman–Crippen LogP) is 3.46. The number of halogens is 1. The maximum atomic E-state index is 14.0. The number of amides is 1. The quantitative estimate of drug-likeness (QED) is 0.823. The zero-order valence-corrected chi connectivity index (χ0v) is 16.8. The van der Waals surface area contributed by atoms with Gasteiger partial charge in [0.05, 0.1) is 12.3 Å². The number of rotatable bonds is 6. The van der Waals surface area contributed by atoms with Crippen molar-refractivity contribution < 1.29 is 19.0 Å². The van der Waals surface area contributed by atoms with Gasteiger partial charge in [-0.05, 0) is 36.2 Å². The van der Waals surface area contributed by atoms with Gasteiger partial charge in [0.25, 0.3) is 5.91 Å². The lowest BCUT2D eigenvalue weighted by Gasteiger charge is -2.27. The highest BCUT2D eigenvalue weighted by atomic mass is 19.1. The lowest BCUT2D eigenvalue weighted by atomic mass is 10.2. The van der Waals surface area contributed by atoms with Crippen molar-refractivity contribution >= 4 is 11.6 Å². The number of likely N-dealkylation sites (N-methyl/N-ethyl adjacent to an activating group) is 1. The molecule has 1 heterocycles. The lowest BCUT2D eigenvalue weighted by Crippen LogP contribution is -2.38. The predicted molar refractivity (Wildman–Crippen MR) is 109 cm³/mol. The van der Waals surface area contributed by atoms with Crippen molar-refractivity contribution in [3.8, 4) is 5.75 Å². The van der Waals surface area contributed by atoms with Gasteiger partial charge in [-0.2, -0.15) is 0 Å². The first-order valence-electron chi connectivity index (χ1n) is 9.66. The molecule has 2 aromatic carbocycles. The van der Waals surface area contributed by atoms with Crippen LogP contribution < -0.4 is 9.64 Å². The molecule has 0 aliphatic carbocycles. The Kier molecular flexibility index (Phi) is 8.26. The van der Waals surface area contributed by atoms with Crippen molar-refractivity contribution in [2.75, 3.05) is 31.6 Å². The molecule has 5 nitrogen and oxygen atoms in total. The molecule has 1 aliphatic rings. The summed E-state index contributed by atoms with van der Waals surface area (Å²) in [6.07, 6.45) is 0.793. The zero-order valence-electron chi connectivity index (χ0n) is 16.8. The first kappa shape index (κ1) is 21.7. The Morgan fingerprint density at radius 3 is 2.54 bits per heavy atom. The molecule has 0 saturated carbocycles. The van der Waals surface area contributed by atoms with Crippen molar-refractivity contribution in [3.63, 3.8) is 0 Å².